The van der Waals surface area contributed by atoms with E-state index in [1.807, 2.05) is 0 Å². The quantitative estimate of drug-likeness (QED) is 0.512. The van der Waals surface area contributed by atoms with Crippen molar-refractivity contribution in [1.29, 1.82) is 0 Å². The fourth-order valence-corrected chi connectivity index (χ4v) is 4.56. The first-order valence-electron chi connectivity index (χ1n) is 10.4. The van der Waals surface area contributed by atoms with E-state index in [0.29, 0.717) is 28.3 Å². The van der Waals surface area contributed by atoms with Gasteiger partial charge in [-0.1, -0.05) is 23.7 Å². The van der Waals surface area contributed by atoms with Gasteiger partial charge in [-0.3, -0.25) is 0 Å². The SMILES string of the molecule is CCOc1ccc(Cc2cc([C@]34OC[C@](C(C)O)(O3)[C@@H](O)[C@H](O)[C@H]4O)ccc2Cl)cc1F. The van der Waals surface area contributed by atoms with Crippen LogP contribution in [0.4, 0.5) is 4.39 Å². The van der Waals surface area contributed by atoms with Crippen LogP contribution in [-0.2, 0) is 21.7 Å². The highest BCUT2D eigenvalue weighted by Gasteiger charge is 2.68. The molecule has 0 radical (unpaired) electrons. The van der Waals surface area contributed by atoms with E-state index in [-0.39, 0.29) is 18.8 Å². The lowest BCUT2D eigenvalue weighted by molar-refractivity contribution is -0.336. The van der Waals surface area contributed by atoms with Gasteiger partial charge in [0.1, 0.15) is 23.9 Å². The molecule has 0 aromatic heterocycles. The average molecular weight is 469 g/mol. The van der Waals surface area contributed by atoms with Crippen molar-refractivity contribution in [1.82, 2.24) is 0 Å². The molecule has 32 heavy (non-hydrogen) atoms. The Morgan fingerprint density at radius 3 is 2.59 bits per heavy atom. The summed E-state index contributed by atoms with van der Waals surface area (Å²) in [7, 11) is 0. The van der Waals surface area contributed by atoms with E-state index in [4.69, 9.17) is 25.8 Å². The zero-order valence-electron chi connectivity index (χ0n) is 17.7. The zero-order chi connectivity index (χ0) is 23.3. The van der Waals surface area contributed by atoms with Crippen molar-refractivity contribution in [3.05, 3.63) is 63.9 Å². The maximum atomic E-state index is 14.3. The average Bonchev–Trinajstić information content (AvgIpc) is 3.16. The maximum absolute atomic E-state index is 14.3. The lowest BCUT2D eigenvalue weighted by atomic mass is 9.81. The number of benzene rings is 2. The molecule has 6 atom stereocenters. The first-order valence-corrected chi connectivity index (χ1v) is 10.8. The van der Waals surface area contributed by atoms with E-state index in [1.54, 1.807) is 37.3 Å². The smallest absolute Gasteiger partial charge is 0.225 e. The van der Waals surface area contributed by atoms with Crippen LogP contribution >= 0.6 is 11.6 Å². The minimum absolute atomic E-state index is 0.162. The summed E-state index contributed by atoms with van der Waals surface area (Å²) in [5.41, 5.74) is 0.00567. The molecule has 2 aliphatic rings. The third-order valence-corrected chi connectivity index (χ3v) is 6.61. The molecule has 0 saturated carbocycles. The first-order chi connectivity index (χ1) is 15.1. The molecule has 4 rings (SSSR count). The topological polar surface area (TPSA) is 109 Å². The molecule has 2 aromatic carbocycles. The molecule has 2 saturated heterocycles. The minimum atomic E-state index is -1.81. The van der Waals surface area contributed by atoms with Crippen molar-refractivity contribution in [2.75, 3.05) is 13.2 Å². The summed E-state index contributed by atoms with van der Waals surface area (Å²) in [6, 6.07) is 9.45. The highest BCUT2D eigenvalue weighted by molar-refractivity contribution is 6.31. The first kappa shape index (κ1) is 23.4. The third kappa shape index (κ3) is 3.60. The molecule has 4 N–H and O–H groups in total. The Morgan fingerprint density at radius 2 is 1.94 bits per heavy atom. The summed E-state index contributed by atoms with van der Waals surface area (Å²) < 4.78 is 31.3. The van der Waals surface area contributed by atoms with Gasteiger partial charge < -0.3 is 34.6 Å². The van der Waals surface area contributed by atoms with Gasteiger partial charge in [-0.05, 0) is 55.7 Å². The highest BCUT2D eigenvalue weighted by Crippen LogP contribution is 2.51. The second-order valence-corrected chi connectivity index (χ2v) is 8.66. The number of aliphatic hydroxyl groups is 4. The molecule has 174 valence electrons. The predicted molar refractivity (Wildman–Crippen MR) is 113 cm³/mol. The Bertz CT molecular complexity index is 1000. The van der Waals surface area contributed by atoms with Crippen LogP contribution in [0.25, 0.3) is 0 Å². The minimum Gasteiger partial charge on any atom is -0.491 e. The number of ether oxygens (including phenoxy) is 3. The number of fused-ring (bicyclic) bond motifs is 2. The monoisotopic (exact) mass is 468 g/mol. The summed E-state index contributed by atoms with van der Waals surface area (Å²) >= 11 is 6.38. The number of hydrogen-bond donors (Lipinski definition) is 4. The van der Waals surface area contributed by atoms with E-state index in [0.717, 1.165) is 0 Å². The van der Waals surface area contributed by atoms with Gasteiger partial charge >= 0.3 is 0 Å². The lowest BCUT2D eigenvalue weighted by Crippen LogP contribution is -2.67. The summed E-state index contributed by atoms with van der Waals surface area (Å²) in [6.07, 6.45) is -5.69. The molecule has 0 spiro atoms. The predicted octanol–water partition coefficient (Wildman–Crippen LogP) is 1.88. The van der Waals surface area contributed by atoms with Crippen molar-refractivity contribution in [2.45, 2.75) is 56.1 Å². The summed E-state index contributed by atoms with van der Waals surface area (Å²) in [4.78, 5) is 0. The van der Waals surface area contributed by atoms with Crippen molar-refractivity contribution in [3.8, 4) is 5.75 Å². The van der Waals surface area contributed by atoms with E-state index in [2.05, 4.69) is 0 Å². The van der Waals surface area contributed by atoms with Gasteiger partial charge in [-0.15, -0.1) is 0 Å². The van der Waals surface area contributed by atoms with Gasteiger partial charge in [0, 0.05) is 10.6 Å². The van der Waals surface area contributed by atoms with Gasteiger partial charge in [0.15, 0.2) is 11.6 Å². The Labute approximate surface area is 189 Å². The van der Waals surface area contributed by atoms with E-state index < -0.39 is 41.6 Å². The number of hydrogen-bond acceptors (Lipinski definition) is 7. The Morgan fingerprint density at radius 1 is 1.19 bits per heavy atom. The number of aliphatic hydroxyl groups excluding tert-OH is 4. The maximum Gasteiger partial charge on any atom is 0.225 e. The molecule has 7 nitrogen and oxygen atoms in total. The molecule has 2 bridgehead atoms. The van der Waals surface area contributed by atoms with Crippen molar-refractivity contribution >= 4 is 11.6 Å². The van der Waals surface area contributed by atoms with E-state index in [9.17, 15) is 24.8 Å². The summed E-state index contributed by atoms with van der Waals surface area (Å²) in [5, 5.41) is 42.3. The molecule has 2 aliphatic heterocycles. The Kier molecular flexibility index (Phi) is 6.23. The lowest BCUT2D eigenvalue weighted by Gasteiger charge is -2.47. The summed E-state index contributed by atoms with van der Waals surface area (Å²) in [5.74, 6) is -2.13. The molecule has 0 amide bonds. The van der Waals surface area contributed by atoms with Crippen LogP contribution < -0.4 is 4.74 Å². The van der Waals surface area contributed by atoms with Crippen LogP contribution in [0.5, 0.6) is 5.75 Å². The van der Waals surface area contributed by atoms with Crippen LogP contribution in [0, 0.1) is 5.82 Å². The largest absolute Gasteiger partial charge is 0.491 e. The third-order valence-electron chi connectivity index (χ3n) is 6.24. The second-order valence-electron chi connectivity index (χ2n) is 8.25. The molecule has 2 fully saturated rings. The normalized spacial score (nSPS) is 32.7. The second kappa shape index (κ2) is 8.53. The van der Waals surface area contributed by atoms with Crippen LogP contribution in [-0.4, -0.2) is 63.7 Å². The number of halogens is 2. The van der Waals surface area contributed by atoms with Crippen LogP contribution in [0.1, 0.15) is 30.5 Å². The molecule has 2 heterocycles. The summed E-state index contributed by atoms with van der Waals surface area (Å²) in [6.45, 7) is 3.30. The van der Waals surface area contributed by atoms with Crippen molar-refractivity contribution in [3.63, 3.8) is 0 Å². The van der Waals surface area contributed by atoms with Gasteiger partial charge in [0.05, 0.1) is 19.3 Å². The van der Waals surface area contributed by atoms with Gasteiger partial charge in [-0.25, -0.2) is 4.39 Å². The van der Waals surface area contributed by atoms with Crippen LogP contribution in [0.2, 0.25) is 5.02 Å². The van der Waals surface area contributed by atoms with Gasteiger partial charge in [-0.2, -0.15) is 0 Å². The standard InChI is InChI=1S/C23H26ClFO7/c1-3-30-18-7-4-13(9-17(18)25)8-14-10-15(5-6-16(14)24)23-21(29)19(27)20(28)22(32-23,11-31-23)12(2)26/h4-7,9-10,12,19-21,26-29H,3,8,11H2,1-2H3/t12?,19-,20-,21+,22+,23-/m0/s1. The molecular formula is C23H26ClFO7. The fraction of sp³-hybridized carbons (Fsp3) is 0.478. The van der Waals surface area contributed by atoms with Crippen molar-refractivity contribution < 1.29 is 39.0 Å². The Hall–Kier alpha value is -1.78. The van der Waals surface area contributed by atoms with Crippen LogP contribution in [0.3, 0.4) is 0 Å². The van der Waals surface area contributed by atoms with Gasteiger partial charge in [0.25, 0.3) is 0 Å². The Balaban J connectivity index is 1.69. The van der Waals surface area contributed by atoms with Crippen molar-refractivity contribution in [2.24, 2.45) is 0 Å². The molecule has 2 aromatic rings. The van der Waals surface area contributed by atoms with E-state index in [1.165, 1.54) is 13.0 Å². The van der Waals surface area contributed by atoms with Gasteiger partial charge in [0.2, 0.25) is 5.79 Å². The zero-order valence-corrected chi connectivity index (χ0v) is 18.4. The molecule has 9 heteroatoms. The van der Waals surface area contributed by atoms with Crippen LogP contribution in [0.15, 0.2) is 36.4 Å². The number of rotatable bonds is 6. The molecular weight excluding hydrogens is 443 g/mol. The van der Waals surface area contributed by atoms with E-state index >= 15 is 0 Å². The highest BCUT2D eigenvalue weighted by atomic mass is 35.5. The molecule has 1 unspecified atom stereocenters. The molecule has 0 aliphatic carbocycles. The fourth-order valence-electron chi connectivity index (χ4n) is 4.38.